The molecule has 2 aliphatic rings. The van der Waals surface area contributed by atoms with Gasteiger partial charge in [0.1, 0.15) is 0 Å². The van der Waals surface area contributed by atoms with Gasteiger partial charge in [-0.05, 0) is 31.2 Å². The maximum atomic E-state index is 5.78. The minimum absolute atomic E-state index is 0.201. The highest BCUT2D eigenvalue weighted by Gasteiger charge is 2.26. The van der Waals surface area contributed by atoms with Crippen LogP contribution in [0, 0.1) is 6.92 Å². The maximum absolute atomic E-state index is 5.78. The van der Waals surface area contributed by atoms with E-state index in [0.29, 0.717) is 0 Å². The summed E-state index contributed by atoms with van der Waals surface area (Å²) in [5.41, 5.74) is 2.38. The fourth-order valence-electron chi connectivity index (χ4n) is 3.25. The Morgan fingerprint density at radius 1 is 1.04 bits per heavy atom. The third-order valence-electron chi connectivity index (χ3n) is 4.42. The molecule has 0 aliphatic carbocycles. The van der Waals surface area contributed by atoms with Gasteiger partial charge < -0.3 is 19.3 Å². The van der Waals surface area contributed by atoms with E-state index in [1.807, 2.05) is 25.1 Å². The highest BCUT2D eigenvalue weighted by molar-refractivity contribution is 5.65. The molecule has 1 aromatic heterocycles. The molecule has 1 atom stereocenters. The van der Waals surface area contributed by atoms with Crippen LogP contribution in [0.3, 0.4) is 0 Å². The smallest absolute Gasteiger partial charge is 0.238 e. The molecule has 120 valence electrons. The van der Waals surface area contributed by atoms with Crippen molar-refractivity contribution in [2.24, 2.45) is 0 Å². The monoisotopic (exact) mass is 312 g/mol. The van der Waals surface area contributed by atoms with Crippen LogP contribution in [-0.4, -0.2) is 42.7 Å². The van der Waals surface area contributed by atoms with Crippen molar-refractivity contribution in [3.8, 4) is 11.5 Å². The van der Waals surface area contributed by atoms with Crippen molar-refractivity contribution in [1.82, 2.24) is 10.2 Å². The molecule has 1 aromatic carbocycles. The Balaban J connectivity index is 1.50. The molecule has 0 spiro atoms. The van der Waals surface area contributed by atoms with Crippen LogP contribution in [-0.2, 0) is 0 Å². The molecule has 23 heavy (non-hydrogen) atoms. The van der Waals surface area contributed by atoms with Crippen LogP contribution in [0.5, 0.6) is 11.5 Å². The van der Waals surface area contributed by atoms with Gasteiger partial charge in [0.2, 0.25) is 6.29 Å². The second kappa shape index (κ2) is 5.61. The number of anilines is 2. The molecule has 1 saturated heterocycles. The number of nitrogens with zero attached hydrogens (tertiary/aromatic N) is 4. The van der Waals surface area contributed by atoms with E-state index in [9.17, 15) is 0 Å². The molecule has 0 bridgehead atoms. The van der Waals surface area contributed by atoms with Gasteiger partial charge in [0, 0.05) is 50.6 Å². The Kier molecular flexibility index (Phi) is 3.44. The summed E-state index contributed by atoms with van der Waals surface area (Å²) in [6.45, 7) is 7.79. The summed E-state index contributed by atoms with van der Waals surface area (Å²) >= 11 is 0. The van der Waals surface area contributed by atoms with E-state index in [4.69, 9.17) is 9.47 Å². The summed E-state index contributed by atoms with van der Waals surface area (Å²) in [6, 6.07) is 8.08. The molecule has 6 heteroatoms. The Bertz CT molecular complexity index is 699. The number of benzene rings is 1. The standard InChI is InChI=1S/C17H20N4O2/c1-12-14(5-6-15-17(12)23-13(2)22-15)20-8-10-21(11-9-20)16-4-3-7-18-19-16/h3-7,13H,8-11H2,1-2H3. The Hall–Kier alpha value is -2.50. The van der Waals surface area contributed by atoms with E-state index in [0.717, 1.165) is 49.1 Å². The number of piperazine rings is 1. The molecule has 4 rings (SSSR count). The van der Waals surface area contributed by atoms with Crippen LogP contribution >= 0.6 is 0 Å². The number of ether oxygens (including phenoxy) is 2. The van der Waals surface area contributed by atoms with Crippen molar-refractivity contribution in [2.75, 3.05) is 36.0 Å². The third-order valence-corrected chi connectivity index (χ3v) is 4.42. The van der Waals surface area contributed by atoms with E-state index >= 15 is 0 Å². The van der Waals surface area contributed by atoms with E-state index in [1.54, 1.807) is 6.20 Å². The molecule has 0 N–H and O–H groups in total. The summed E-state index contributed by atoms with van der Waals surface area (Å²) in [7, 11) is 0. The topological polar surface area (TPSA) is 50.7 Å². The van der Waals surface area contributed by atoms with Gasteiger partial charge in [0.05, 0.1) is 0 Å². The fourth-order valence-corrected chi connectivity index (χ4v) is 3.25. The lowest BCUT2D eigenvalue weighted by Crippen LogP contribution is -2.47. The number of rotatable bonds is 2. The summed E-state index contributed by atoms with van der Waals surface area (Å²) in [5, 5.41) is 8.16. The molecule has 0 radical (unpaired) electrons. The van der Waals surface area contributed by atoms with Gasteiger partial charge in [-0.15, -0.1) is 5.10 Å². The number of aromatic nitrogens is 2. The average molecular weight is 312 g/mol. The van der Waals surface area contributed by atoms with Gasteiger partial charge >= 0.3 is 0 Å². The second-order valence-corrected chi connectivity index (χ2v) is 5.90. The van der Waals surface area contributed by atoms with Gasteiger partial charge in [-0.1, -0.05) is 0 Å². The van der Waals surface area contributed by atoms with E-state index in [-0.39, 0.29) is 6.29 Å². The largest absolute Gasteiger partial charge is 0.451 e. The lowest BCUT2D eigenvalue weighted by Gasteiger charge is -2.37. The van der Waals surface area contributed by atoms with E-state index in [2.05, 4.69) is 33.0 Å². The Morgan fingerprint density at radius 2 is 1.83 bits per heavy atom. The zero-order valence-electron chi connectivity index (χ0n) is 13.4. The van der Waals surface area contributed by atoms with Crippen molar-refractivity contribution in [3.05, 3.63) is 36.0 Å². The van der Waals surface area contributed by atoms with Crippen LogP contribution in [0.15, 0.2) is 30.5 Å². The van der Waals surface area contributed by atoms with E-state index in [1.165, 1.54) is 5.69 Å². The molecule has 3 heterocycles. The van der Waals surface area contributed by atoms with Gasteiger partial charge in [0.15, 0.2) is 17.3 Å². The molecule has 0 saturated carbocycles. The van der Waals surface area contributed by atoms with Crippen LogP contribution in [0.4, 0.5) is 11.5 Å². The van der Waals surface area contributed by atoms with Crippen LogP contribution in [0.1, 0.15) is 12.5 Å². The molecular formula is C17H20N4O2. The zero-order valence-corrected chi connectivity index (χ0v) is 13.4. The van der Waals surface area contributed by atoms with Crippen molar-refractivity contribution in [2.45, 2.75) is 20.1 Å². The van der Waals surface area contributed by atoms with Crippen LogP contribution < -0.4 is 19.3 Å². The maximum Gasteiger partial charge on any atom is 0.238 e. The number of hydrogen-bond acceptors (Lipinski definition) is 6. The lowest BCUT2D eigenvalue weighted by atomic mass is 10.1. The minimum Gasteiger partial charge on any atom is -0.451 e. The van der Waals surface area contributed by atoms with Gasteiger partial charge in [-0.25, -0.2) is 0 Å². The lowest BCUT2D eigenvalue weighted by molar-refractivity contribution is 0.0675. The average Bonchev–Trinajstić information content (AvgIpc) is 2.98. The van der Waals surface area contributed by atoms with Crippen molar-refractivity contribution < 1.29 is 9.47 Å². The minimum atomic E-state index is -0.201. The second-order valence-electron chi connectivity index (χ2n) is 5.90. The quantitative estimate of drug-likeness (QED) is 0.847. The van der Waals surface area contributed by atoms with Crippen LogP contribution in [0.2, 0.25) is 0 Å². The first kappa shape index (κ1) is 14.1. The Morgan fingerprint density at radius 3 is 2.57 bits per heavy atom. The predicted molar refractivity (Wildman–Crippen MR) is 88.4 cm³/mol. The molecule has 0 amide bonds. The number of fused-ring (bicyclic) bond motifs is 1. The highest BCUT2D eigenvalue weighted by Crippen LogP contribution is 2.42. The van der Waals surface area contributed by atoms with Gasteiger partial charge in [0.25, 0.3) is 0 Å². The Labute approximate surface area is 135 Å². The fraction of sp³-hybridized carbons (Fsp3) is 0.412. The molecular weight excluding hydrogens is 292 g/mol. The summed E-state index contributed by atoms with van der Waals surface area (Å²) in [6.07, 6.45) is 1.50. The van der Waals surface area contributed by atoms with Crippen molar-refractivity contribution in [1.29, 1.82) is 0 Å². The first-order valence-corrected chi connectivity index (χ1v) is 7.97. The summed E-state index contributed by atoms with van der Waals surface area (Å²) in [4.78, 5) is 4.67. The first-order valence-electron chi connectivity index (χ1n) is 7.97. The molecule has 1 unspecified atom stereocenters. The van der Waals surface area contributed by atoms with Crippen LogP contribution in [0.25, 0.3) is 0 Å². The normalized spacial score (nSPS) is 20.0. The van der Waals surface area contributed by atoms with E-state index < -0.39 is 0 Å². The van der Waals surface area contributed by atoms with Gasteiger partial charge in [-0.2, -0.15) is 5.10 Å². The first-order chi connectivity index (χ1) is 11.2. The SMILES string of the molecule is Cc1c(N2CCN(c3cccnn3)CC2)ccc2c1OC(C)O2. The van der Waals surface area contributed by atoms with Crippen molar-refractivity contribution >= 4 is 11.5 Å². The number of hydrogen-bond donors (Lipinski definition) is 0. The molecule has 2 aromatic rings. The van der Waals surface area contributed by atoms with Gasteiger partial charge in [-0.3, -0.25) is 0 Å². The highest BCUT2D eigenvalue weighted by atomic mass is 16.7. The molecule has 2 aliphatic heterocycles. The van der Waals surface area contributed by atoms with Crippen molar-refractivity contribution in [3.63, 3.8) is 0 Å². The summed E-state index contributed by atoms with van der Waals surface area (Å²) < 4.78 is 11.4. The molecule has 6 nitrogen and oxygen atoms in total. The summed E-state index contributed by atoms with van der Waals surface area (Å²) in [5.74, 6) is 2.67. The predicted octanol–water partition coefficient (Wildman–Crippen LogP) is 2.23. The third kappa shape index (κ3) is 2.54. The molecule has 1 fully saturated rings. The zero-order chi connectivity index (χ0) is 15.8.